The summed E-state index contributed by atoms with van der Waals surface area (Å²) < 4.78 is 59.8. The molecule has 0 unspecified atom stereocenters. The molecule has 2 heterocycles. The lowest BCUT2D eigenvalue weighted by atomic mass is 10.1. The van der Waals surface area contributed by atoms with Gasteiger partial charge in [0.15, 0.2) is 5.69 Å². The summed E-state index contributed by atoms with van der Waals surface area (Å²) in [4.78, 5) is 4.30. The average Bonchev–Trinajstić information content (AvgIpc) is 3.25. The van der Waals surface area contributed by atoms with Crippen LogP contribution in [0, 0.1) is 5.82 Å². The molecule has 0 bridgehead atoms. The number of rotatable bonds is 3. The van der Waals surface area contributed by atoms with E-state index in [-0.39, 0.29) is 10.8 Å². The zero-order chi connectivity index (χ0) is 19.2. The Morgan fingerprint density at radius 2 is 1.78 bits per heavy atom. The standard InChI is InChI=1S/C18H11F4N3OS/c1-26-12-5-2-10(3-6-12)14-9-16(18(20,21)22)24-25(14)17-23-13-7-4-11(19)8-15(13)27-17/h2-9H,1H3. The van der Waals surface area contributed by atoms with Crippen LogP contribution in [0.25, 0.3) is 26.6 Å². The van der Waals surface area contributed by atoms with Gasteiger partial charge in [0, 0.05) is 5.56 Å². The van der Waals surface area contributed by atoms with Gasteiger partial charge in [-0.2, -0.15) is 18.3 Å². The van der Waals surface area contributed by atoms with Gasteiger partial charge in [0.2, 0.25) is 5.13 Å². The Labute approximate surface area is 154 Å². The van der Waals surface area contributed by atoms with E-state index in [2.05, 4.69) is 10.1 Å². The van der Waals surface area contributed by atoms with Crippen molar-refractivity contribution in [2.45, 2.75) is 6.18 Å². The zero-order valence-corrected chi connectivity index (χ0v) is 14.6. The number of fused-ring (bicyclic) bond motifs is 1. The molecule has 0 aliphatic carbocycles. The molecule has 0 saturated heterocycles. The Hall–Kier alpha value is -2.94. The minimum atomic E-state index is -4.60. The third-order valence-corrected chi connectivity index (χ3v) is 4.90. The Bertz CT molecular complexity index is 1120. The number of methoxy groups -OCH3 is 1. The predicted molar refractivity (Wildman–Crippen MR) is 93.7 cm³/mol. The molecule has 0 spiro atoms. The molecule has 0 aliphatic heterocycles. The van der Waals surface area contributed by atoms with Crippen LogP contribution in [0.1, 0.15) is 5.69 Å². The molecule has 4 nitrogen and oxygen atoms in total. The highest BCUT2D eigenvalue weighted by Crippen LogP contribution is 2.35. The molecule has 9 heteroatoms. The van der Waals surface area contributed by atoms with Crippen molar-refractivity contribution in [3.05, 3.63) is 60.0 Å². The number of hydrogen-bond donors (Lipinski definition) is 0. The van der Waals surface area contributed by atoms with Crippen LogP contribution in [0.3, 0.4) is 0 Å². The van der Waals surface area contributed by atoms with E-state index in [9.17, 15) is 17.6 Å². The van der Waals surface area contributed by atoms with E-state index >= 15 is 0 Å². The van der Waals surface area contributed by atoms with Gasteiger partial charge in [-0.15, -0.1) is 0 Å². The van der Waals surface area contributed by atoms with Crippen LogP contribution in [-0.2, 0) is 6.18 Å². The van der Waals surface area contributed by atoms with Gasteiger partial charge < -0.3 is 4.74 Å². The van der Waals surface area contributed by atoms with Gasteiger partial charge in [-0.25, -0.2) is 14.1 Å². The number of hydrogen-bond acceptors (Lipinski definition) is 4. The summed E-state index contributed by atoms with van der Waals surface area (Å²) in [7, 11) is 1.50. The van der Waals surface area contributed by atoms with Crippen molar-refractivity contribution in [2.24, 2.45) is 0 Å². The van der Waals surface area contributed by atoms with Crippen LogP contribution >= 0.6 is 11.3 Å². The molecule has 0 aliphatic rings. The van der Waals surface area contributed by atoms with Crippen LogP contribution < -0.4 is 4.74 Å². The van der Waals surface area contributed by atoms with Gasteiger partial charge in [0.05, 0.1) is 23.0 Å². The lowest BCUT2D eigenvalue weighted by Crippen LogP contribution is -2.07. The fraction of sp³-hybridized carbons (Fsp3) is 0.111. The maximum absolute atomic E-state index is 13.4. The van der Waals surface area contributed by atoms with Crippen LogP contribution in [0.2, 0.25) is 0 Å². The maximum atomic E-state index is 13.4. The number of aromatic nitrogens is 3. The van der Waals surface area contributed by atoms with E-state index in [1.54, 1.807) is 24.3 Å². The summed E-state index contributed by atoms with van der Waals surface area (Å²) in [6.07, 6.45) is -4.60. The first kappa shape index (κ1) is 17.5. The Kier molecular flexibility index (Phi) is 4.11. The lowest BCUT2D eigenvalue weighted by Gasteiger charge is -2.05. The zero-order valence-electron chi connectivity index (χ0n) is 13.8. The molecule has 27 heavy (non-hydrogen) atoms. The Morgan fingerprint density at radius 1 is 1.04 bits per heavy atom. The smallest absolute Gasteiger partial charge is 0.435 e. The summed E-state index contributed by atoms with van der Waals surface area (Å²) in [5.74, 6) is 0.140. The van der Waals surface area contributed by atoms with Gasteiger partial charge in [-0.1, -0.05) is 11.3 Å². The quantitative estimate of drug-likeness (QED) is 0.443. The molecule has 0 N–H and O–H groups in total. The van der Waals surface area contributed by atoms with E-state index in [0.717, 1.165) is 22.1 Å². The normalized spacial score (nSPS) is 11.9. The number of halogens is 4. The monoisotopic (exact) mass is 393 g/mol. The highest BCUT2D eigenvalue weighted by Gasteiger charge is 2.35. The minimum Gasteiger partial charge on any atom is -0.497 e. The molecule has 4 rings (SSSR count). The molecule has 4 aromatic rings. The van der Waals surface area contributed by atoms with Crippen molar-refractivity contribution < 1.29 is 22.3 Å². The number of benzene rings is 2. The summed E-state index contributed by atoms with van der Waals surface area (Å²) in [6, 6.07) is 11.6. The van der Waals surface area contributed by atoms with Gasteiger partial charge in [0.25, 0.3) is 0 Å². The van der Waals surface area contributed by atoms with E-state index in [1.165, 1.54) is 25.3 Å². The first-order chi connectivity index (χ1) is 12.8. The molecule has 138 valence electrons. The second-order valence-corrected chi connectivity index (χ2v) is 6.67. The van der Waals surface area contributed by atoms with Crippen molar-refractivity contribution in [3.63, 3.8) is 0 Å². The summed E-state index contributed by atoms with van der Waals surface area (Å²) in [6.45, 7) is 0. The second kappa shape index (κ2) is 6.34. The van der Waals surface area contributed by atoms with Crippen molar-refractivity contribution in [3.8, 4) is 22.1 Å². The first-order valence-electron chi connectivity index (χ1n) is 7.73. The fourth-order valence-corrected chi connectivity index (χ4v) is 3.57. The third-order valence-electron chi connectivity index (χ3n) is 3.91. The van der Waals surface area contributed by atoms with E-state index in [0.29, 0.717) is 21.5 Å². The molecular formula is C18H11F4N3OS. The van der Waals surface area contributed by atoms with E-state index < -0.39 is 17.7 Å². The van der Waals surface area contributed by atoms with Gasteiger partial charge in [0.1, 0.15) is 11.6 Å². The highest BCUT2D eigenvalue weighted by atomic mass is 32.1. The van der Waals surface area contributed by atoms with Crippen LogP contribution in [0.4, 0.5) is 17.6 Å². The topological polar surface area (TPSA) is 39.9 Å². The molecule has 0 saturated carbocycles. The lowest BCUT2D eigenvalue weighted by molar-refractivity contribution is -0.141. The molecule has 2 aromatic heterocycles. The molecule has 2 aromatic carbocycles. The fourth-order valence-electron chi connectivity index (χ4n) is 2.61. The van der Waals surface area contributed by atoms with Gasteiger partial charge in [-0.05, 0) is 48.5 Å². The third kappa shape index (κ3) is 3.25. The molecule has 0 fully saturated rings. The van der Waals surface area contributed by atoms with Crippen LogP contribution in [-0.4, -0.2) is 21.9 Å². The largest absolute Gasteiger partial charge is 0.497 e. The Balaban J connectivity index is 1.90. The summed E-state index contributed by atoms with van der Waals surface area (Å²) in [5, 5.41) is 3.92. The number of ether oxygens (including phenoxy) is 1. The maximum Gasteiger partial charge on any atom is 0.435 e. The van der Waals surface area contributed by atoms with Gasteiger partial charge >= 0.3 is 6.18 Å². The minimum absolute atomic E-state index is 0.219. The van der Waals surface area contributed by atoms with E-state index in [1.807, 2.05) is 0 Å². The number of thiazole rings is 1. The Morgan fingerprint density at radius 3 is 2.44 bits per heavy atom. The van der Waals surface area contributed by atoms with Crippen LogP contribution in [0.5, 0.6) is 5.75 Å². The van der Waals surface area contributed by atoms with Crippen LogP contribution in [0.15, 0.2) is 48.5 Å². The van der Waals surface area contributed by atoms with Crippen molar-refractivity contribution in [2.75, 3.05) is 7.11 Å². The van der Waals surface area contributed by atoms with Crippen molar-refractivity contribution in [1.82, 2.24) is 14.8 Å². The van der Waals surface area contributed by atoms with Crippen molar-refractivity contribution >= 4 is 21.6 Å². The molecule has 0 amide bonds. The highest BCUT2D eigenvalue weighted by molar-refractivity contribution is 7.20. The number of nitrogens with zero attached hydrogens (tertiary/aromatic N) is 3. The SMILES string of the molecule is COc1ccc(-c2cc(C(F)(F)F)nn2-c2nc3ccc(F)cc3s2)cc1. The second-order valence-electron chi connectivity index (χ2n) is 5.66. The summed E-state index contributed by atoms with van der Waals surface area (Å²) in [5.41, 5.74) is 0.202. The summed E-state index contributed by atoms with van der Waals surface area (Å²) >= 11 is 1.06. The average molecular weight is 393 g/mol. The predicted octanol–water partition coefficient (Wildman–Crippen LogP) is 5.32. The van der Waals surface area contributed by atoms with Crippen molar-refractivity contribution in [1.29, 1.82) is 0 Å². The molecular weight excluding hydrogens is 382 g/mol. The molecule has 0 atom stereocenters. The molecule has 0 radical (unpaired) electrons. The van der Waals surface area contributed by atoms with E-state index in [4.69, 9.17) is 4.74 Å². The number of alkyl halides is 3. The van der Waals surface area contributed by atoms with Gasteiger partial charge in [-0.3, -0.25) is 0 Å². The first-order valence-corrected chi connectivity index (χ1v) is 8.55.